The highest BCUT2D eigenvalue weighted by atomic mass is 19.1. The van der Waals surface area contributed by atoms with Crippen molar-refractivity contribution in [3.8, 4) is 0 Å². The summed E-state index contributed by atoms with van der Waals surface area (Å²) in [6, 6.07) is 4.29. The minimum Gasteiger partial charge on any atom is -0.465 e. The number of cyclic esters (lactones) is 1. The van der Waals surface area contributed by atoms with E-state index >= 15 is 8.78 Å². The molecular weight excluding hydrogens is 506 g/mol. The van der Waals surface area contributed by atoms with Gasteiger partial charge in [-0.1, -0.05) is 0 Å². The summed E-state index contributed by atoms with van der Waals surface area (Å²) in [5.74, 6) is -2.51. The number of aromatic nitrogens is 1. The number of carboxylic acid groups (broad SMARTS) is 1. The van der Waals surface area contributed by atoms with Gasteiger partial charge in [0.1, 0.15) is 17.8 Å². The number of halogens is 2. The van der Waals surface area contributed by atoms with Crippen molar-refractivity contribution in [2.24, 2.45) is 0 Å². The molecule has 4 amide bonds. The Balaban J connectivity index is 1.35. The van der Waals surface area contributed by atoms with E-state index in [9.17, 15) is 19.2 Å². The Hall–Kier alpha value is -4.49. The Morgan fingerprint density at radius 2 is 1.76 bits per heavy atom. The van der Waals surface area contributed by atoms with Gasteiger partial charge in [-0.25, -0.2) is 18.4 Å². The van der Waals surface area contributed by atoms with Gasteiger partial charge >= 0.3 is 12.2 Å². The number of nitrogens with one attached hydrogen (secondary N) is 2. The van der Waals surface area contributed by atoms with E-state index in [0.29, 0.717) is 5.56 Å². The first-order chi connectivity index (χ1) is 18.1. The summed E-state index contributed by atoms with van der Waals surface area (Å²) < 4.78 is 35.1. The zero-order valence-corrected chi connectivity index (χ0v) is 20.4. The third-order valence-electron chi connectivity index (χ3n) is 6.24. The van der Waals surface area contributed by atoms with Crippen molar-refractivity contribution in [1.29, 1.82) is 0 Å². The van der Waals surface area contributed by atoms with E-state index < -0.39 is 41.9 Å². The van der Waals surface area contributed by atoms with Crippen molar-refractivity contribution in [2.45, 2.75) is 19.1 Å². The zero-order valence-electron chi connectivity index (χ0n) is 20.4. The Bertz CT molecular complexity index is 1200. The summed E-state index contributed by atoms with van der Waals surface area (Å²) in [4.78, 5) is 55.8. The summed E-state index contributed by atoms with van der Waals surface area (Å²) in [5.41, 5.74) is 0.0317. The van der Waals surface area contributed by atoms with Crippen LogP contribution in [0.5, 0.6) is 0 Å². The number of nitrogens with zero attached hydrogens (tertiary/aromatic N) is 4. The molecule has 2 saturated heterocycles. The number of anilines is 2. The maximum Gasteiger partial charge on any atom is 0.414 e. The minimum absolute atomic E-state index is 0.0563. The number of carbonyl (C=O) groups excluding carboxylic acids is 3. The van der Waals surface area contributed by atoms with Gasteiger partial charge in [0.05, 0.1) is 18.8 Å². The molecule has 2 atom stereocenters. The van der Waals surface area contributed by atoms with Gasteiger partial charge in [0.25, 0.3) is 5.91 Å². The van der Waals surface area contributed by atoms with Gasteiger partial charge in [-0.05, 0) is 19.1 Å². The highest BCUT2D eigenvalue weighted by Gasteiger charge is 2.34. The van der Waals surface area contributed by atoms with Crippen LogP contribution < -0.4 is 20.4 Å². The van der Waals surface area contributed by atoms with E-state index in [1.165, 1.54) is 34.3 Å². The number of hydrogen-bond donors (Lipinski definition) is 3. The zero-order chi connectivity index (χ0) is 27.4. The van der Waals surface area contributed by atoms with Crippen LogP contribution >= 0.6 is 0 Å². The van der Waals surface area contributed by atoms with Crippen molar-refractivity contribution in [1.82, 2.24) is 20.5 Å². The Labute approximate surface area is 216 Å². The van der Waals surface area contributed by atoms with E-state index in [0.717, 1.165) is 17.0 Å². The molecule has 1 aromatic heterocycles. The highest BCUT2D eigenvalue weighted by Crippen LogP contribution is 2.31. The third-order valence-corrected chi connectivity index (χ3v) is 6.24. The lowest BCUT2D eigenvalue weighted by Gasteiger charge is -2.37. The molecule has 0 spiro atoms. The summed E-state index contributed by atoms with van der Waals surface area (Å²) in [7, 11) is 0. The average molecular weight is 533 g/mol. The topological polar surface area (TPSA) is 144 Å². The van der Waals surface area contributed by atoms with Crippen LogP contribution in [0.15, 0.2) is 36.7 Å². The van der Waals surface area contributed by atoms with E-state index in [2.05, 4.69) is 15.6 Å². The number of ether oxygens (including phenoxy) is 1. The van der Waals surface area contributed by atoms with Crippen LogP contribution in [0, 0.1) is 11.6 Å². The molecule has 1 aromatic carbocycles. The number of carbonyl (C=O) groups is 4. The summed E-state index contributed by atoms with van der Waals surface area (Å²) >= 11 is 0. The van der Waals surface area contributed by atoms with Crippen LogP contribution in [-0.4, -0.2) is 90.4 Å². The van der Waals surface area contributed by atoms with Gasteiger partial charge in [-0.2, -0.15) is 0 Å². The van der Waals surface area contributed by atoms with Crippen molar-refractivity contribution in [3.63, 3.8) is 0 Å². The lowest BCUT2D eigenvalue weighted by Crippen LogP contribution is -2.54. The predicted octanol–water partition coefficient (Wildman–Crippen LogP) is 1.42. The number of rotatable bonds is 7. The standard InChI is InChI=1S/C24H26F2N6O6/c1-14(29-21(33)15-2-4-27-5-3-15)22(34)31-8-6-30(7-9-31)20-18(25)10-16(11-19(20)26)32-13-17(38-24(32)37)12-28-23(35)36/h2-5,10-11,14,17,28H,6-9,12-13H2,1H3,(H,29,33)(H,35,36)/t14-,17-/m0/s1. The van der Waals surface area contributed by atoms with Gasteiger partial charge in [0, 0.05) is 56.3 Å². The molecule has 3 heterocycles. The molecule has 2 aromatic rings. The molecule has 14 heteroatoms. The van der Waals surface area contributed by atoms with E-state index in [4.69, 9.17) is 9.84 Å². The lowest BCUT2D eigenvalue weighted by molar-refractivity contribution is -0.133. The second-order valence-corrected chi connectivity index (χ2v) is 8.80. The van der Waals surface area contributed by atoms with Gasteiger partial charge in [-0.3, -0.25) is 19.5 Å². The fourth-order valence-corrected chi connectivity index (χ4v) is 4.32. The molecule has 0 saturated carbocycles. The number of hydrogen-bond acceptors (Lipinski definition) is 7. The maximum atomic E-state index is 15.0. The van der Waals surface area contributed by atoms with Crippen molar-refractivity contribution in [3.05, 3.63) is 53.9 Å². The lowest BCUT2D eigenvalue weighted by atomic mass is 10.1. The molecule has 0 aliphatic carbocycles. The predicted molar refractivity (Wildman–Crippen MR) is 130 cm³/mol. The average Bonchev–Trinajstić information content (AvgIpc) is 3.28. The quantitative estimate of drug-likeness (QED) is 0.486. The summed E-state index contributed by atoms with van der Waals surface area (Å²) in [6.45, 7) is 2.01. The van der Waals surface area contributed by atoms with Gasteiger partial charge in [0.15, 0.2) is 11.6 Å². The van der Waals surface area contributed by atoms with E-state index in [-0.39, 0.29) is 56.6 Å². The number of pyridine rings is 1. The van der Waals surface area contributed by atoms with Gasteiger partial charge in [-0.15, -0.1) is 0 Å². The molecule has 4 rings (SSSR count). The molecule has 38 heavy (non-hydrogen) atoms. The Morgan fingerprint density at radius 3 is 2.37 bits per heavy atom. The molecule has 202 valence electrons. The van der Waals surface area contributed by atoms with Crippen LogP contribution in [0.25, 0.3) is 0 Å². The number of piperazine rings is 1. The molecular formula is C24H26F2N6O6. The van der Waals surface area contributed by atoms with Crippen molar-refractivity contribution >= 4 is 35.4 Å². The third kappa shape index (κ3) is 5.90. The van der Waals surface area contributed by atoms with Crippen molar-refractivity contribution in [2.75, 3.05) is 49.1 Å². The SMILES string of the molecule is C[C@H](NC(=O)c1ccncc1)C(=O)N1CCN(c2c(F)cc(N3C[C@H](CNC(=O)O)OC3=O)cc2F)CC1. The minimum atomic E-state index is -1.29. The monoisotopic (exact) mass is 532 g/mol. The fraction of sp³-hybridized carbons (Fsp3) is 0.375. The molecule has 0 bridgehead atoms. The van der Waals surface area contributed by atoms with Gasteiger partial charge in [0.2, 0.25) is 5.91 Å². The second-order valence-electron chi connectivity index (χ2n) is 8.80. The van der Waals surface area contributed by atoms with Crippen molar-refractivity contribution < 1.29 is 37.8 Å². The second kappa shape index (κ2) is 11.3. The summed E-state index contributed by atoms with van der Waals surface area (Å²) in [6.07, 6.45) is 0.0161. The maximum absolute atomic E-state index is 15.0. The smallest absolute Gasteiger partial charge is 0.414 e. The molecule has 12 nitrogen and oxygen atoms in total. The van der Waals surface area contributed by atoms with Gasteiger partial charge < -0.3 is 30.3 Å². The summed E-state index contributed by atoms with van der Waals surface area (Å²) in [5, 5.41) is 13.4. The van der Waals surface area contributed by atoms with Crippen LogP contribution in [-0.2, 0) is 9.53 Å². The molecule has 0 radical (unpaired) electrons. The highest BCUT2D eigenvalue weighted by molar-refractivity contribution is 5.97. The Kier molecular flexibility index (Phi) is 7.88. The number of amides is 4. The molecule has 0 unspecified atom stereocenters. The molecule has 2 aliphatic heterocycles. The largest absolute Gasteiger partial charge is 0.465 e. The first kappa shape index (κ1) is 26.6. The molecule has 2 fully saturated rings. The van der Waals surface area contributed by atoms with Crippen LogP contribution in [0.1, 0.15) is 17.3 Å². The fourth-order valence-electron chi connectivity index (χ4n) is 4.32. The number of benzene rings is 1. The Morgan fingerprint density at radius 1 is 1.13 bits per heavy atom. The molecule has 2 aliphatic rings. The van der Waals surface area contributed by atoms with E-state index in [1.807, 2.05) is 0 Å². The first-order valence-corrected chi connectivity index (χ1v) is 11.8. The van der Waals surface area contributed by atoms with Crippen LogP contribution in [0.3, 0.4) is 0 Å². The normalized spacial score (nSPS) is 18.1. The van der Waals surface area contributed by atoms with Crippen LogP contribution in [0.4, 0.5) is 29.7 Å². The first-order valence-electron chi connectivity index (χ1n) is 11.8. The molecule has 3 N–H and O–H groups in total. The van der Waals surface area contributed by atoms with Crippen LogP contribution in [0.2, 0.25) is 0 Å². The van der Waals surface area contributed by atoms with E-state index in [1.54, 1.807) is 6.92 Å².